The van der Waals surface area contributed by atoms with Crippen molar-refractivity contribution in [1.82, 2.24) is 0 Å². The molecule has 0 fully saturated rings. The van der Waals surface area contributed by atoms with Crippen molar-refractivity contribution >= 4 is 0 Å². The molecule has 2 N–H and O–H groups in total. The van der Waals surface area contributed by atoms with E-state index in [1.807, 2.05) is 27.7 Å². The van der Waals surface area contributed by atoms with Crippen LogP contribution in [0.2, 0.25) is 0 Å². The van der Waals surface area contributed by atoms with Gasteiger partial charge >= 0.3 is 0 Å². The fraction of sp³-hybridized carbons (Fsp3) is 0.846. The second-order valence-electron chi connectivity index (χ2n) is 6.01. The molecule has 0 heterocycles. The predicted molar refractivity (Wildman–Crippen MR) is 62.6 cm³/mol. The van der Waals surface area contributed by atoms with E-state index < -0.39 is 11.2 Å². The van der Waals surface area contributed by atoms with Crippen molar-refractivity contribution in [3.05, 3.63) is 11.6 Å². The minimum Gasteiger partial charge on any atom is -0.390 e. The Bertz CT molecular complexity index is 253. The van der Waals surface area contributed by atoms with E-state index in [1.165, 1.54) is 5.57 Å². The Morgan fingerprint density at radius 2 is 1.53 bits per heavy atom. The fourth-order valence-electron chi connectivity index (χ4n) is 2.59. The SMILES string of the molecule is CC1=CC[C@H](C(C)(C)O)[C@@H](C(C)(C)O)C1. The molecule has 0 aromatic heterocycles. The second kappa shape index (κ2) is 3.91. The molecule has 0 aliphatic heterocycles. The summed E-state index contributed by atoms with van der Waals surface area (Å²) >= 11 is 0. The Labute approximate surface area is 93.0 Å². The Morgan fingerprint density at radius 1 is 1.07 bits per heavy atom. The highest BCUT2D eigenvalue weighted by atomic mass is 16.3. The van der Waals surface area contributed by atoms with Crippen molar-refractivity contribution in [2.45, 2.75) is 58.7 Å². The molecule has 0 aromatic rings. The number of hydrogen-bond donors (Lipinski definition) is 2. The highest BCUT2D eigenvalue weighted by Crippen LogP contribution is 2.42. The van der Waals surface area contributed by atoms with Gasteiger partial charge in [-0.1, -0.05) is 11.6 Å². The molecule has 0 saturated carbocycles. The minimum atomic E-state index is -0.722. The van der Waals surface area contributed by atoms with E-state index >= 15 is 0 Å². The molecule has 1 aliphatic carbocycles. The molecule has 2 nitrogen and oxygen atoms in total. The molecule has 15 heavy (non-hydrogen) atoms. The van der Waals surface area contributed by atoms with Crippen LogP contribution in [0.15, 0.2) is 11.6 Å². The summed E-state index contributed by atoms with van der Waals surface area (Å²) in [7, 11) is 0. The molecule has 0 saturated heterocycles. The Morgan fingerprint density at radius 3 is 1.93 bits per heavy atom. The molecule has 1 rings (SSSR count). The van der Waals surface area contributed by atoms with Crippen molar-refractivity contribution in [2.24, 2.45) is 11.8 Å². The lowest BCUT2D eigenvalue weighted by Crippen LogP contribution is -2.46. The van der Waals surface area contributed by atoms with E-state index in [2.05, 4.69) is 13.0 Å². The fourth-order valence-corrected chi connectivity index (χ4v) is 2.59. The maximum atomic E-state index is 10.2. The highest BCUT2D eigenvalue weighted by Gasteiger charge is 2.42. The molecule has 0 amide bonds. The van der Waals surface area contributed by atoms with Crippen LogP contribution in [0.5, 0.6) is 0 Å². The zero-order chi connectivity index (χ0) is 11.9. The third kappa shape index (κ3) is 3.05. The highest BCUT2D eigenvalue weighted by molar-refractivity contribution is 5.10. The van der Waals surface area contributed by atoms with Gasteiger partial charge in [-0.15, -0.1) is 0 Å². The third-order valence-electron chi connectivity index (χ3n) is 3.56. The first-order valence-corrected chi connectivity index (χ1v) is 5.72. The van der Waals surface area contributed by atoms with Crippen molar-refractivity contribution < 1.29 is 10.2 Å². The monoisotopic (exact) mass is 212 g/mol. The zero-order valence-electron chi connectivity index (χ0n) is 10.5. The average molecular weight is 212 g/mol. The van der Waals surface area contributed by atoms with Crippen LogP contribution >= 0.6 is 0 Å². The maximum Gasteiger partial charge on any atom is 0.0626 e. The van der Waals surface area contributed by atoms with Crippen molar-refractivity contribution in [1.29, 1.82) is 0 Å². The normalized spacial score (nSPS) is 28.9. The van der Waals surface area contributed by atoms with E-state index in [0.29, 0.717) is 0 Å². The molecule has 2 atom stereocenters. The Balaban J connectivity index is 2.95. The third-order valence-corrected chi connectivity index (χ3v) is 3.56. The quantitative estimate of drug-likeness (QED) is 0.690. The summed E-state index contributed by atoms with van der Waals surface area (Å²) in [4.78, 5) is 0. The van der Waals surface area contributed by atoms with Gasteiger partial charge in [-0.2, -0.15) is 0 Å². The molecule has 0 bridgehead atoms. The van der Waals surface area contributed by atoms with Crippen LogP contribution in [0.25, 0.3) is 0 Å². The summed E-state index contributed by atoms with van der Waals surface area (Å²) in [6, 6.07) is 0. The first kappa shape index (κ1) is 12.7. The van der Waals surface area contributed by atoms with Gasteiger partial charge in [0.2, 0.25) is 0 Å². The van der Waals surface area contributed by atoms with Crippen molar-refractivity contribution in [3.8, 4) is 0 Å². The summed E-state index contributed by atoms with van der Waals surface area (Å²) < 4.78 is 0. The summed E-state index contributed by atoms with van der Waals surface area (Å²) in [6.07, 6.45) is 3.94. The number of hydrogen-bond acceptors (Lipinski definition) is 2. The lowest BCUT2D eigenvalue weighted by molar-refractivity contribution is -0.0824. The van der Waals surface area contributed by atoms with Gasteiger partial charge in [0.25, 0.3) is 0 Å². The molecule has 0 spiro atoms. The summed E-state index contributed by atoms with van der Waals surface area (Å²) in [5.74, 6) is 0.281. The van der Waals surface area contributed by atoms with Gasteiger partial charge in [0.1, 0.15) is 0 Å². The van der Waals surface area contributed by atoms with Crippen LogP contribution in [0, 0.1) is 11.8 Å². The van der Waals surface area contributed by atoms with E-state index in [9.17, 15) is 10.2 Å². The maximum absolute atomic E-state index is 10.2. The minimum absolute atomic E-state index is 0.140. The van der Waals surface area contributed by atoms with Crippen LogP contribution in [0.3, 0.4) is 0 Å². The van der Waals surface area contributed by atoms with Gasteiger partial charge in [-0.3, -0.25) is 0 Å². The van der Waals surface area contributed by atoms with E-state index in [-0.39, 0.29) is 11.8 Å². The number of rotatable bonds is 2. The molecule has 88 valence electrons. The lowest BCUT2D eigenvalue weighted by Gasteiger charge is -2.44. The number of allylic oxidation sites excluding steroid dienone is 2. The molecule has 0 aromatic carbocycles. The molecule has 0 radical (unpaired) electrons. The molecule has 0 unspecified atom stereocenters. The molecular formula is C13H24O2. The van der Waals surface area contributed by atoms with Gasteiger partial charge in [-0.25, -0.2) is 0 Å². The van der Waals surface area contributed by atoms with Gasteiger partial charge < -0.3 is 10.2 Å². The van der Waals surface area contributed by atoms with Crippen LogP contribution in [-0.2, 0) is 0 Å². The van der Waals surface area contributed by atoms with Crippen molar-refractivity contribution in [2.75, 3.05) is 0 Å². The van der Waals surface area contributed by atoms with Gasteiger partial charge in [0.15, 0.2) is 0 Å². The smallest absolute Gasteiger partial charge is 0.0626 e. The standard InChI is InChI=1S/C13H24O2/c1-9-6-7-10(12(2,3)14)11(8-9)13(4,5)15/h6,10-11,14-15H,7-8H2,1-5H3/t10-,11-/m0/s1. The molecule has 2 heteroatoms. The largest absolute Gasteiger partial charge is 0.390 e. The topological polar surface area (TPSA) is 40.5 Å². The Kier molecular flexibility index (Phi) is 3.32. The second-order valence-corrected chi connectivity index (χ2v) is 6.01. The molecule has 1 aliphatic rings. The summed E-state index contributed by atoms with van der Waals surface area (Å²) in [5.41, 5.74) is -0.121. The lowest BCUT2D eigenvalue weighted by atomic mass is 9.66. The predicted octanol–water partition coefficient (Wildman–Crippen LogP) is 2.50. The van der Waals surface area contributed by atoms with Crippen LogP contribution < -0.4 is 0 Å². The van der Waals surface area contributed by atoms with Gasteiger partial charge in [0, 0.05) is 0 Å². The van der Waals surface area contributed by atoms with Crippen molar-refractivity contribution in [3.63, 3.8) is 0 Å². The van der Waals surface area contributed by atoms with E-state index in [0.717, 1.165) is 12.8 Å². The van der Waals surface area contributed by atoms with Crippen LogP contribution in [0.4, 0.5) is 0 Å². The van der Waals surface area contributed by atoms with E-state index in [1.54, 1.807) is 0 Å². The van der Waals surface area contributed by atoms with Gasteiger partial charge in [0.05, 0.1) is 11.2 Å². The van der Waals surface area contributed by atoms with E-state index in [4.69, 9.17) is 0 Å². The first-order chi connectivity index (χ1) is 6.62. The first-order valence-electron chi connectivity index (χ1n) is 5.72. The molecular weight excluding hydrogens is 188 g/mol. The Hall–Kier alpha value is -0.340. The van der Waals surface area contributed by atoms with Gasteiger partial charge in [-0.05, 0) is 59.3 Å². The average Bonchev–Trinajstić information content (AvgIpc) is 2.00. The summed E-state index contributed by atoms with van der Waals surface area (Å²) in [5, 5.41) is 20.3. The van der Waals surface area contributed by atoms with Crippen LogP contribution in [-0.4, -0.2) is 21.4 Å². The summed E-state index contributed by atoms with van der Waals surface area (Å²) in [6.45, 7) is 9.46. The van der Waals surface area contributed by atoms with Crippen LogP contribution in [0.1, 0.15) is 47.5 Å². The number of aliphatic hydroxyl groups is 2. The zero-order valence-corrected chi connectivity index (χ0v) is 10.5.